The molecule has 1 saturated carbocycles. The zero-order valence-corrected chi connectivity index (χ0v) is 14.0. The molecule has 2 rings (SSSR count). The SMILES string of the molecule is CC(C)CC1NC2(CCCC2)C(=O)N1CCC(C)(C)C. The Bertz CT molecular complexity index is 350. The maximum atomic E-state index is 12.9. The van der Waals surface area contributed by atoms with Gasteiger partial charge >= 0.3 is 0 Å². The molecule has 116 valence electrons. The van der Waals surface area contributed by atoms with Crippen LogP contribution in [0.5, 0.6) is 0 Å². The zero-order valence-electron chi connectivity index (χ0n) is 14.0. The molecule has 0 bridgehead atoms. The van der Waals surface area contributed by atoms with Gasteiger partial charge in [0.2, 0.25) is 5.91 Å². The van der Waals surface area contributed by atoms with E-state index < -0.39 is 0 Å². The fourth-order valence-electron chi connectivity index (χ4n) is 3.56. The summed E-state index contributed by atoms with van der Waals surface area (Å²) >= 11 is 0. The molecule has 0 aromatic carbocycles. The van der Waals surface area contributed by atoms with E-state index in [1.807, 2.05) is 0 Å². The molecule has 0 aromatic heterocycles. The van der Waals surface area contributed by atoms with Crippen molar-refractivity contribution in [2.45, 2.75) is 84.8 Å². The summed E-state index contributed by atoms with van der Waals surface area (Å²) in [6.45, 7) is 12.1. The van der Waals surface area contributed by atoms with Crippen LogP contribution in [0.25, 0.3) is 0 Å². The lowest BCUT2D eigenvalue weighted by molar-refractivity contribution is -0.133. The topological polar surface area (TPSA) is 32.3 Å². The van der Waals surface area contributed by atoms with Gasteiger partial charge in [0.05, 0.1) is 11.7 Å². The quantitative estimate of drug-likeness (QED) is 0.854. The Morgan fingerprint density at radius 3 is 2.40 bits per heavy atom. The molecule has 2 aliphatic rings. The largest absolute Gasteiger partial charge is 0.326 e. The van der Waals surface area contributed by atoms with Crippen molar-refractivity contribution in [3.05, 3.63) is 0 Å². The first kappa shape index (κ1) is 15.8. The van der Waals surface area contributed by atoms with E-state index >= 15 is 0 Å². The number of rotatable bonds is 4. The van der Waals surface area contributed by atoms with Crippen LogP contribution in [-0.2, 0) is 4.79 Å². The van der Waals surface area contributed by atoms with E-state index in [1.165, 1.54) is 12.8 Å². The van der Waals surface area contributed by atoms with Gasteiger partial charge in [-0.15, -0.1) is 0 Å². The van der Waals surface area contributed by atoms with Gasteiger partial charge in [-0.2, -0.15) is 0 Å². The summed E-state index contributed by atoms with van der Waals surface area (Å²) in [4.78, 5) is 15.1. The molecule has 1 spiro atoms. The number of nitrogens with one attached hydrogen (secondary N) is 1. The molecule has 3 nitrogen and oxygen atoms in total. The predicted molar refractivity (Wildman–Crippen MR) is 83.4 cm³/mol. The van der Waals surface area contributed by atoms with Crippen molar-refractivity contribution in [1.29, 1.82) is 0 Å². The van der Waals surface area contributed by atoms with Crippen LogP contribution in [0.3, 0.4) is 0 Å². The minimum absolute atomic E-state index is 0.211. The fourth-order valence-corrected chi connectivity index (χ4v) is 3.56. The summed E-state index contributed by atoms with van der Waals surface area (Å²) in [7, 11) is 0. The van der Waals surface area contributed by atoms with Crippen molar-refractivity contribution in [2.75, 3.05) is 6.54 Å². The third-order valence-electron chi connectivity index (χ3n) is 4.74. The van der Waals surface area contributed by atoms with Crippen LogP contribution < -0.4 is 5.32 Å². The van der Waals surface area contributed by atoms with Gasteiger partial charge in [0.1, 0.15) is 0 Å². The first-order valence-electron chi connectivity index (χ1n) is 8.32. The Balaban J connectivity index is 2.10. The van der Waals surface area contributed by atoms with Gasteiger partial charge in [-0.3, -0.25) is 10.1 Å². The lowest BCUT2D eigenvalue weighted by Gasteiger charge is -2.28. The average molecular weight is 280 g/mol. The van der Waals surface area contributed by atoms with Gasteiger partial charge in [0, 0.05) is 6.54 Å². The summed E-state index contributed by atoms with van der Waals surface area (Å²) in [6.07, 6.45) is 6.85. The maximum absolute atomic E-state index is 12.9. The highest BCUT2D eigenvalue weighted by Gasteiger charge is 2.51. The normalized spacial score (nSPS) is 26.2. The Hall–Kier alpha value is -0.570. The molecule has 0 radical (unpaired) electrons. The van der Waals surface area contributed by atoms with Crippen LogP contribution in [0, 0.1) is 11.3 Å². The third kappa shape index (κ3) is 3.36. The van der Waals surface area contributed by atoms with Crippen molar-refractivity contribution in [3.8, 4) is 0 Å². The van der Waals surface area contributed by atoms with E-state index in [9.17, 15) is 4.79 Å². The first-order valence-corrected chi connectivity index (χ1v) is 8.32. The molecule has 1 aliphatic heterocycles. The summed E-state index contributed by atoms with van der Waals surface area (Å²) in [6, 6.07) is 0. The second-order valence-electron chi connectivity index (χ2n) is 8.39. The second-order valence-corrected chi connectivity index (χ2v) is 8.39. The molecule has 1 N–H and O–H groups in total. The number of hydrogen-bond acceptors (Lipinski definition) is 2. The molecule has 1 heterocycles. The number of carbonyl (C=O) groups excluding carboxylic acids is 1. The van der Waals surface area contributed by atoms with Crippen LogP contribution in [0.1, 0.15) is 73.1 Å². The van der Waals surface area contributed by atoms with Crippen LogP contribution in [0.4, 0.5) is 0 Å². The van der Waals surface area contributed by atoms with Crippen molar-refractivity contribution in [1.82, 2.24) is 10.2 Å². The Morgan fingerprint density at radius 2 is 1.90 bits per heavy atom. The highest BCUT2D eigenvalue weighted by molar-refractivity contribution is 5.89. The Kier molecular flexibility index (Phi) is 4.48. The van der Waals surface area contributed by atoms with Gasteiger partial charge in [-0.1, -0.05) is 47.5 Å². The van der Waals surface area contributed by atoms with Crippen LogP contribution in [0.15, 0.2) is 0 Å². The number of carbonyl (C=O) groups is 1. The summed E-state index contributed by atoms with van der Waals surface area (Å²) < 4.78 is 0. The molecule has 2 fully saturated rings. The smallest absolute Gasteiger partial charge is 0.244 e. The molecule has 1 atom stereocenters. The number of nitrogens with zero attached hydrogens (tertiary/aromatic N) is 1. The van der Waals surface area contributed by atoms with E-state index in [1.54, 1.807) is 0 Å². The molecule has 1 saturated heterocycles. The molecule has 1 amide bonds. The summed E-state index contributed by atoms with van der Waals surface area (Å²) in [5, 5.41) is 3.71. The van der Waals surface area contributed by atoms with Gasteiger partial charge < -0.3 is 4.90 Å². The number of hydrogen-bond donors (Lipinski definition) is 1. The molecule has 1 unspecified atom stereocenters. The minimum Gasteiger partial charge on any atom is -0.326 e. The highest BCUT2D eigenvalue weighted by atomic mass is 16.2. The zero-order chi connectivity index (χ0) is 15.0. The fraction of sp³-hybridized carbons (Fsp3) is 0.941. The highest BCUT2D eigenvalue weighted by Crippen LogP contribution is 2.38. The second kappa shape index (κ2) is 5.67. The van der Waals surface area contributed by atoms with Crippen LogP contribution in [-0.4, -0.2) is 29.1 Å². The first-order chi connectivity index (χ1) is 9.23. The van der Waals surface area contributed by atoms with E-state index in [0.29, 0.717) is 11.8 Å². The van der Waals surface area contributed by atoms with Gasteiger partial charge in [0.25, 0.3) is 0 Å². The molecular weight excluding hydrogens is 248 g/mol. The van der Waals surface area contributed by atoms with E-state index in [2.05, 4.69) is 44.8 Å². The third-order valence-corrected chi connectivity index (χ3v) is 4.74. The van der Waals surface area contributed by atoms with Crippen molar-refractivity contribution < 1.29 is 4.79 Å². The summed E-state index contributed by atoms with van der Waals surface area (Å²) in [5.74, 6) is 0.999. The lowest BCUT2D eigenvalue weighted by Crippen LogP contribution is -2.44. The van der Waals surface area contributed by atoms with E-state index in [0.717, 1.165) is 32.2 Å². The van der Waals surface area contributed by atoms with Gasteiger partial charge in [0.15, 0.2) is 0 Å². The summed E-state index contributed by atoms with van der Waals surface area (Å²) in [5.41, 5.74) is 0.0749. The van der Waals surface area contributed by atoms with Crippen LogP contribution >= 0.6 is 0 Å². The molecule has 1 aliphatic carbocycles. The monoisotopic (exact) mass is 280 g/mol. The van der Waals surface area contributed by atoms with E-state index in [-0.39, 0.29) is 17.1 Å². The Labute approximate surface area is 124 Å². The standard InChI is InChI=1S/C17H32N2O/c1-13(2)12-14-18-17(8-6-7-9-17)15(20)19(14)11-10-16(3,4)5/h13-14,18H,6-12H2,1-5H3. The molecule has 0 aromatic rings. The minimum atomic E-state index is -0.211. The molecular formula is C17H32N2O. The molecule has 20 heavy (non-hydrogen) atoms. The lowest BCUT2D eigenvalue weighted by atomic mass is 9.91. The van der Waals surface area contributed by atoms with Gasteiger partial charge in [-0.05, 0) is 37.0 Å². The van der Waals surface area contributed by atoms with Crippen molar-refractivity contribution >= 4 is 5.91 Å². The predicted octanol–water partition coefficient (Wildman–Crippen LogP) is 3.54. The van der Waals surface area contributed by atoms with Crippen molar-refractivity contribution in [3.63, 3.8) is 0 Å². The number of amides is 1. The maximum Gasteiger partial charge on any atom is 0.244 e. The molecule has 3 heteroatoms. The van der Waals surface area contributed by atoms with Crippen LogP contribution in [0.2, 0.25) is 0 Å². The van der Waals surface area contributed by atoms with Crippen molar-refractivity contribution in [2.24, 2.45) is 11.3 Å². The average Bonchev–Trinajstić information content (AvgIpc) is 2.84. The van der Waals surface area contributed by atoms with Gasteiger partial charge in [-0.25, -0.2) is 0 Å². The van der Waals surface area contributed by atoms with E-state index in [4.69, 9.17) is 0 Å². The Morgan fingerprint density at radius 1 is 1.30 bits per heavy atom.